The first kappa shape index (κ1) is 39.7. The molecule has 0 aliphatic heterocycles. The molecule has 7 aromatic carbocycles. The molecule has 2 heterocycles. The van der Waals surface area contributed by atoms with Crippen molar-refractivity contribution in [2.45, 2.75) is 41.5 Å². The first-order chi connectivity index (χ1) is 30.2. The molecule has 62 heavy (non-hydrogen) atoms. The molecule has 9 aromatic rings. The minimum Gasteiger partial charge on any atom is -0.309 e. The van der Waals surface area contributed by atoms with E-state index < -0.39 is 0 Å². The average molecular weight is 805 g/mol. The van der Waals surface area contributed by atoms with Gasteiger partial charge in [-0.2, -0.15) is 9.97 Å². The highest BCUT2D eigenvalue weighted by atomic mass is 15.3. The molecule has 0 N–H and O–H groups in total. The van der Waals surface area contributed by atoms with Crippen LogP contribution in [-0.4, -0.2) is 19.9 Å². The second kappa shape index (κ2) is 17.1. The van der Waals surface area contributed by atoms with Gasteiger partial charge in [-0.25, -0.2) is 9.97 Å². The van der Waals surface area contributed by atoms with E-state index in [-0.39, 0.29) is 0 Å². The molecule has 0 saturated carbocycles. The van der Waals surface area contributed by atoms with Crippen LogP contribution in [0.1, 0.15) is 33.4 Å². The SMILES string of the molecule is Cc1cc(C)c(N(c2ccc(N(c3ccc(-c4ccccc4)cn3)c3nc(-c4ccccc4)nc(-c4cccc(-c5ccccc5)c4)n3)cc2)c2c(C)cc(C)cc2C)c(C)c1. The predicted molar refractivity (Wildman–Crippen MR) is 257 cm³/mol. The Morgan fingerprint density at radius 3 is 1.27 bits per heavy atom. The number of pyridine rings is 1. The number of hydrogen-bond acceptors (Lipinski definition) is 6. The first-order valence-corrected chi connectivity index (χ1v) is 21.0. The summed E-state index contributed by atoms with van der Waals surface area (Å²) in [6.07, 6.45) is 1.92. The third kappa shape index (κ3) is 8.11. The Hall–Kier alpha value is -7.70. The predicted octanol–water partition coefficient (Wildman–Crippen LogP) is 14.7. The summed E-state index contributed by atoms with van der Waals surface area (Å²) in [6.45, 7) is 13.2. The van der Waals surface area contributed by atoms with Crippen molar-refractivity contribution >= 4 is 34.5 Å². The zero-order chi connectivity index (χ0) is 42.7. The van der Waals surface area contributed by atoms with Crippen LogP contribution in [0.2, 0.25) is 0 Å². The molecule has 0 atom stereocenters. The van der Waals surface area contributed by atoms with E-state index in [1.54, 1.807) is 0 Å². The maximum atomic E-state index is 5.27. The summed E-state index contributed by atoms with van der Waals surface area (Å²) in [6, 6.07) is 61.1. The fraction of sp³-hybridized carbons (Fsp3) is 0.107. The molecule has 0 spiro atoms. The fourth-order valence-electron chi connectivity index (χ4n) is 8.62. The minimum atomic E-state index is 0.457. The summed E-state index contributed by atoms with van der Waals surface area (Å²) in [5.74, 6) is 2.27. The van der Waals surface area contributed by atoms with Crippen LogP contribution in [0.4, 0.5) is 34.5 Å². The Kier molecular flexibility index (Phi) is 11.0. The van der Waals surface area contributed by atoms with E-state index in [1.165, 1.54) is 44.8 Å². The van der Waals surface area contributed by atoms with Crippen LogP contribution >= 0.6 is 0 Å². The Labute approximate surface area is 364 Å². The van der Waals surface area contributed by atoms with E-state index in [0.29, 0.717) is 23.4 Å². The summed E-state index contributed by atoms with van der Waals surface area (Å²) >= 11 is 0. The quantitative estimate of drug-likeness (QED) is 0.137. The van der Waals surface area contributed by atoms with Crippen LogP contribution in [-0.2, 0) is 0 Å². The van der Waals surface area contributed by atoms with Gasteiger partial charge in [0.15, 0.2) is 11.6 Å². The molecule has 0 aliphatic carbocycles. The Morgan fingerprint density at radius 2 is 0.774 bits per heavy atom. The van der Waals surface area contributed by atoms with Gasteiger partial charge in [-0.1, -0.05) is 145 Å². The van der Waals surface area contributed by atoms with Crippen LogP contribution in [0.15, 0.2) is 182 Å². The third-order valence-corrected chi connectivity index (χ3v) is 11.3. The van der Waals surface area contributed by atoms with Crippen molar-refractivity contribution in [2.24, 2.45) is 0 Å². The second-order valence-electron chi connectivity index (χ2n) is 16.0. The maximum absolute atomic E-state index is 5.27. The van der Waals surface area contributed by atoms with Gasteiger partial charge >= 0.3 is 0 Å². The maximum Gasteiger partial charge on any atom is 0.239 e. The molecular weight excluding hydrogens is 757 g/mol. The smallest absolute Gasteiger partial charge is 0.239 e. The summed E-state index contributed by atoms with van der Waals surface area (Å²) in [5.41, 5.74) is 17.7. The molecule has 2 aromatic heterocycles. The fourth-order valence-corrected chi connectivity index (χ4v) is 8.62. The minimum absolute atomic E-state index is 0.457. The van der Waals surface area contributed by atoms with Gasteiger partial charge in [-0.05, 0) is 123 Å². The van der Waals surface area contributed by atoms with Gasteiger partial charge in [0.25, 0.3) is 0 Å². The number of benzene rings is 7. The highest BCUT2D eigenvalue weighted by Gasteiger charge is 2.24. The molecule has 0 unspecified atom stereocenters. The zero-order valence-electron chi connectivity index (χ0n) is 36.0. The van der Waals surface area contributed by atoms with Gasteiger partial charge < -0.3 is 4.90 Å². The average Bonchev–Trinajstić information content (AvgIpc) is 3.29. The lowest BCUT2D eigenvalue weighted by molar-refractivity contribution is 1.01. The standard InChI is InChI=1S/C56H48N6/c1-37-31-39(3)52(40(4)32-37)62(53-41(5)33-38(2)34-42(53)6)50-28-26-49(27-29-50)61(51-30-25-48(36-57-51)44-19-12-8-13-20-44)56-59-54(45-21-14-9-15-22-45)58-55(60-56)47-24-16-23-46(35-47)43-17-10-7-11-18-43/h7-36H,1-6H3. The Bertz CT molecular complexity index is 2900. The lowest BCUT2D eigenvalue weighted by Gasteiger charge is -2.32. The molecule has 6 heteroatoms. The highest BCUT2D eigenvalue weighted by molar-refractivity contribution is 5.85. The zero-order valence-corrected chi connectivity index (χ0v) is 36.0. The summed E-state index contributed by atoms with van der Waals surface area (Å²) in [5, 5.41) is 0. The van der Waals surface area contributed by atoms with Crippen LogP contribution in [0.25, 0.3) is 45.0 Å². The van der Waals surface area contributed by atoms with Gasteiger partial charge in [0.1, 0.15) is 5.82 Å². The molecular formula is C56H48N6. The van der Waals surface area contributed by atoms with Crippen LogP contribution in [0.3, 0.4) is 0 Å². The van der Waals surface area contributed by atoms with Gasteiger partial charge in [0, 0.05) is 28.6 Å². The van der Waals surface area contributed by atoms with Crippen molar-refractivity contribution in [3.63, 3.8) is 0 Å². The van der Waals surface area contributed by atoms with E-state index in [0.717, 1.165) is 44.8 Å². The Balaban J connectivity index is 1.23. The summed E-state index contributed by atoms with van der Waals surface area (Å²) in [4.78, 5) is 25.1. The topological polar surface area (TPSA) is 58.0 Å². The highest BCUT2D eigenvalue weighted by Crippen LogP contribution is 2.44. The molecule has 9 rings (SSSR count). The van der Waals surface area contributed by atoms with Crippen molar-refractivity contribution in [2.75, 3.05) is 9.80 Å². The number of aryl methyl sites for hydroxylation is 6. The molecule has 0 radical (unpaired) electrons. The van der Waals surface area contributed by atoms with Gasteiger partial charge in [-0.15, -0.1) is 0 Å². The number of hydrogen-bond donors (Lipinski definition) is 0. The van der Waals surface area contributed by atoms with E-state index in [4.69, 9.17) is 19.9 Å². The van der Waals surface area contributed by atoms with Crippen molar-refractivity contribution in [1.82, 2.24) is 19.9 Å². The molecule has 0 fully saturated rings. The van der Waals surface area contributed by atoms with Crippen LogP contribution in [0.5, 0.6) is 0 Å². The van der Waals surface area contributed by atoms with Gasteiger partial charge in [0.2, 0.25) is 5.95 Å². The van der Waals surface area contributed by atoms with Gasteiger partial charge in [-0.3, -0.25) is 4.90 Å². The molecule has 0 bridgehead atoms. The number of aromatic nitrogens is 4. The van der Waals surface area contributed by atoms with Crippen molar-refractivity contribution in [3.8, 4) is 45.0 Å². The summed E-state index contributed by atoms with van der Waals surface area (Å²) in [7, 11) is 0. The molecule has 302 valence electrons. The van der Waals surface area contributed by atoms with Gasteiger partial charge in [0.05, 0.1) is 17.1 Å². The lowest BCUT2D eigenvalue weighted by Crippen LogP contribution is -2.18. The largest absolute Gasteiger partial charge is 0.309 e. The van der Waals surface area contributed by atoms with E-state index in [1.807, 2.05) is 71.8 Å². The first-order valence-electron chi connectivity index (χ1n) is 21.0. The van der Waals surface area contributed by atoms with E-state index in [2.05, 4.69) is 162 Å². The van der Waals surface area contributed by atoms with Crippen LogP contribution in [0, 0.1) is 41.5 Å². The normalized spacial score (nSPS) is 11.1. The third-order valence-electron chi connectivity index (χ3n) is 11.3. The van der Waals surface area contributed by atoms with Crippen molar-refractivity contribution < 1.29 is 0 Å². The van der Waals surface area contributed by atoms with Crippen molar-refractivity contribution in [1.29, 1.82) is 0 Å². The number of nitrogens with zero attached hydrogens (tertiary/aromatic N) is 6. The molecule has 0 saturated heterocycles. The number of rotatable bonds is 10. The van der Waals surface area contributed by atoms with E-state index >= 15 is 0 Å². The van der Waals surface area contributed by atoms with Crippen LogP contribution < -0.4 is 9.80 Å². The lowest BCUT2D eigenvalue weighted by atomic mass is 9.98. The number of anilines is 6. The van der Waals surface area contributed by atoms with E-state index in [9.17, 15) is 0 Å². The molecule has 0 aliphatic rings. The monoisotopic (exact) mass is 804 g/mol. The molecule has 6 nitrogen and oxygen atoms in total. The Morgan fingerprint density at radius 1 is 0.339 bits per heavy atom. The molecule has 0 amide bonds. The second-order valence-corrected chi connectivity index (χ2v) is 16.0. The van der Waals surface area contributed by atoms with Crippen molar-refractivity contribution in [3.05, 3.63) is 216 Å². The summed E-state index contributed by atoms with van der Waals surface area (Å²) < 4.78 is 0.